The Hall–Kier alpha value is -2.42. The fourth-order valence-corrected chi connectivity index (χ4v) is 4.31. The SMILES string of the molecule is COCc1cnnn1C1=NNC2C3CCCCC3n3cncc3N12. The maximum Gasteiger partial charge on any atom is 0.252 e. The van der Waals surface area contributed by atoms with E-state index >= 15 is 0 Å². The van der Waals surface area contributed by atoms with Crippen LogP contribution in [-0.4, -0.2) is 43.8 Å². The monoisotopic (exact) mass is 328 g/mol. The number of rotatable bonds is 2. The molecule has 24 heavy (non-hydrogen) atoms. The Morgan fingerprint density at radius 1 is 1.29 bits per heavy atom. The molecule has 2 aromatic heterocycles. The van der Waals surface area contributed by atoms with Crippen LogP contribution in [0.5, 0.6) is 0 Å². The lowest BCUT2D eigenvalue weighted by atomic mass is 9.80. The normalized spacial score (nSPS) is 28.0. The Kier molecular flexibility index (Phi) is 3.09. The van der Waals surface area contributed by atoms with Gasteiger partial charge in [-0.15, -0.1) is 10.2 Å². The van der Waals surface area contributed by atoms with Crippen LogP contribution < -0.4 is 10.3 Å². The van der Waals surface area contributed by atoms with E-state index in [1.165, 1.54) is 25.7 Å². The standard InChI is InChI=1S/C15H20N8O/c1-24-8-10-6-17-20-23(10)15-19-18-14-11-4-2-3-5-12(11)21-9-16-7-13(21)22(14)15/h6-7,9,11-12,14,18H,2-5,8H2,1H3. The molecule has 0 spiro atoms. The van der Waals surface area contributed by atoms with E-state index in [9.17, 15) is 0 Å². The second-order valence-corrected chi connectivity index (χ2v) is 6.60. The van der Waals surface area contributed by atoms with Crippen molar-refractivity contribution in [3.05, 3.63) is 24.4 Å². The third-order valence-corrected chi connectivity index (χ3v) is 5.33. The first kappa shape index (κ1) is 14.0. The number of hydrogen-bond acceptors (Lipinski definition) is 7. The van der Waals surface area contributed by atoms with Gasteiger partial charge in [0.05, 0.1) is 31.0 Å². The quantitative estimate of drug-likeness (QED) is 0.882. The van der Waals surface area contributed by atoms with Crippen molar-refractivity contribution in [1.29, 1.82) is 0 Å². The van der Waals surface area contributed by atoms with Crippen LogP contribution in [0.25, 0.3) is 0 Å². The Balaban J connectivity index is 1.58. The van der Waals surface area contributed by atoms with E-state index in [-0.39, 0.29) is 6.17 Å². The van der Waals surface area contributed by atoms with E-state index in [4.69, 9.17) is 4.74 Å². The maximum atomic E-state index is 5.25. The van der Waals surface area contributed by atoms with Crippen LogP contribution in [0.15, 0.2) is 23.8 Å². The Bertz CT molecular complexity index is 780. The van der Waals surface area contributed by atoms with Crippen molar-refractivity contribution < 1.29 is 4.74 Å². The summed E-state index contributed by atoms with van der Waals surface area (Å²) in [6.07, 6.45) is 10.7. The van der Waals surface area contributed by atoms with Gasteiger partial charge < -0.3 is 9.30 Å². The largest absolute Gasteiger partial charge is 0.378 e. The zero-order valence-corrected chi connectivity index (χ0v) is 13.5. The van der Waals surface area contributed by atoms with Gasteiger partial charge in [-0.2, -0.15) is 4.68 Å². The van der Waals surface area contributed by atoms with Gasteiger partial charge in [-0.25, -0.2) is 4.98 Å². The van der Waals surface area contributed by atoms with E-state index < -0.39 is 0 Å². The van der Waals surface area contributed by atoms with Crippen LogP contribution in [0, 0.1) is 5.92 Å². The number of hydrazone groups is 1. The summed E-state index contributed by atoms with van der Waals surface area (Å²) in [6, 6.07) is 0.494. The number of ether oxygens (including phenoxy) is 1. The van der Waals surface area contributed by atoms with Crippen molar-refractivity contribution in [1.82, 2.24) is 30.0 Å². The van der Waals surface area contributed by atoms with Gasteiger partial charge in [0.15, 0.2) is 0 Å². The molecular weight excluding hydrogens is 308 g/mol. The summed E-state index contributed by atoms with van der Waals surface area (Å²) in [5.74, 6) is 2.30. The molecule has 0 amide bonds. The molecular formula is C15H20N8O. The molecule has 1 saturated carbocycles. The van der Waals surface area contributed by atoms with Crippen LogP contribution in [0.4, 0.5) is 5.82 Å². The van der Waals surface area contributed by atoms with Crippen molar-refractivity contribution in [2.75, 3.05) is 12.0 Å². The highest BCUT2D eigenvalue weighted by atomic mass is 16.5. The highest BCUT2D eigenvalue weighted by molar-refractivity contribution is 5.98. The highest BCUT2D eigenvalue weighted by Crippen LogP contribution is 2.45. The van der Waals surface area contributed by atoms with Crippen molar-refractivity contribution in [3.63, 3.8) is 0 Å². The minimum absolute atomic E-state index is 0.147. The number of fused-ring (bicyclic) bond motifs is 6. The molecule has 0 saturated heterocycles. The zero-order chi connectivity index (χ0) is 16.1. The number of nitrogens with zero attached hydrogens (tertiary/aromatic N) is 7. The molecule has 3 atom stereocenters. The lowest BCUT2D eigenvalue weighted by molar-refractivity contribution is 0.174. The third-order valence-electron chi connectivity index (χ3n) is 5.33. The lowest BCUT2D eigenvalue weighted by Gasteiger charge is -2.45. The van der Waals surface area contributed by atoms with E-state index in [1.807, 2.05) is 12.5 Å². The topological polar surface area (TPSA) is 85.4 Å². The maximum absolute atomic E-state index is 5.25. The molecule has 0 radical (unpaired) electrons. The first-order valence-electron chi connectivity index (χ1n) is 8.41. The van der Waals surface area contributed by atoms with Gasteiger partial charge in [-0.1, -0.05) is 18.1 Å². The van der Waals surface area contributed by atoms with Crippen molar-refractivity contribution in [2.45, 2.75) is 44.5 Å². The summed E-state index contributed by atoms with van der Waals surface area (Å²) in [5, 5.41) is 12.8. The molecule has 126 valence electrons. The molecule has 3 aliphatic rings. The predicted octanol–water partition coefficient (Wildman–Crippen LogP) is 0.921. The molecule has 1 N–H and O–H groups in total. The molecule has 1 aliphatic carbocycles. The third kappa shape index (κ3) is 1.84. The molecule has 1 fully saturated rings. The van der Waals surface area contributed by atoms with Crippen molar-refractivity contribution >= 4 is 11.8 Å². The Morgan fingerprint density at radius 2 is 2.21 bits per heavy atom. The van der Waals surface area contributed by atoms with Crippen molar-refractivity contribution in [3.8, 4) is 0 Å². The molecule has 9 heteroatoms. The van der Waals surface area contributed by atoms with Crippen LogP contribution in [0.3, 0.4) is 0 Å². The zero-order valence-electron chi connectivity index (χ0n) is 13.5. The van der Waals surface area contributed by atoms with Crippen LogP contribution in [0.2, 0.25) is 0 Å². The second-order valence-electron chi connectivity index (χ2n) is 6.60. The summed E-state index contributed by atoms with van der Waals surface area (Å²) >= 11 is 0. The summed E-state index contributed by atoms with van der Waals surface area (Å²) in [6.45, 7) is 0.440. The molecule has 5 rings (SSSR count). The molecule has 4 heterocycles. The summed E-state index contributed by atoms with van der Waals surface area (Å²) in [4.78, 5) is 6.60. The number of anilines is 1. The summed E-state index contributed by atoms with van der Waals surface area (Å²) in [7, 11) is 1.66. The molecule has 0 aromatic carbocycles. The number of nitrogens with one attached hydrogen (secondary N) is 1. The highest BCUT2D eigenvalue weighted by Gasteiger charge is 2.47. The van der Waals surface area contributed by atoms with E-state index in [1.54, 1.807) is 18.0 Å². The predicted molar refractivity (Wildman–Crippen MR) is 86.2 cm³/mol. The summed E-state index contributed by atoms with van der Waals surface area (Å²) < 4.78 is 9.30. The molecule has 3 unspecified atom stereocenters. The smallest absolute Gasteiger partial charge is 0.252 e. The van der Waals surface area contributed by atoms with Crippen LogP contribution >= 0.6 is 0 Å². The van der Waals surface area contributed by atoms with Gasteiger partial charge in [0.25, 0.3) is 5.96 Å². The number of hydrogen-bond donors (Lipinski definition) is 1. The van der Waals surface area contributed by atoms with E-state index in [0.29, 0.717) is 18.6 Å². The Labute approximate surface area is 139 Å². The van der Waals surface area contributed by atoms with Crippen LogP contribution in [-0.2, 0) is 11.3 Å². The fraction of sp³-hybridized carbons (Fsp3) is 0.600. The van der Waals surface area contributed by atoms with Gasteiger partial charge in [0.1, 0.15) is 12.0 Å². The average molecular weight is 328 g/mol. The van der Waals surface area contributed by atoms with Gasteiger partial charge in [0, 0.05) is 19.1 Å². The molecule has 2 aliphatic heterocycles. The van der Waals surface area contributed by atoms with Crippen LogP contribution in [0.1, 0.15) is 37.4 Å². The minimum atomic E-state index is 0.147. The summed E-state index contributed by atoms with van der Waals surface area (Å²) in [5.41, 5.74) is 4.21. The van der Waals surface area contributed by atoms with E-state index in [0.717, 1.165) is 17.5 Å². The van der Waals surface area contributed by atoms with E-state index in [2.05, 4.69) is 35.3 Å². The lowest BCUT2D eigenvalue weighted by Crippen LogP contribution is -2.54. The number of imidazole rings is 1. The number of aromatic nitrogens is 5. The average Bonchev–Trinajstić information content (AvgIpc) is 3.33. The Morgan fingerprint density at radius 3 is 3.12 bits per heavy atom. The first-order chi connectivity index (χ1) is 11.9. The molecule has 2 aromatic rings. The van der Waals surface area contributed by atoms with Gasteiger partial charge >= 0.3 is 0 Å². The molecule has 0 bridgehead atoms. The van der Waals surface area contributed by atoms with Gasteiger partial charge in [-0.05, 0) is 12.8 Å². The first-order valence-corrected chi connectivity index (χ1v) is 8.41. The van der Waals surface area contributed by atoms with Gasteiger partial charge in [0.2, 0.25) is 0 Å². The number of methoxy groups -OCH3 is 1. The minimum Gasteiger partial charge on any atom is -0.378 e. The second kappa shape index (κ2) is 5.30. The van der Waals surface area contributed by atoms with Gasteiger partial charge in [-0.3, -0.25) is 10.3 Å². The fourth-order valence-electron chi connectivity index (χ4n) is 4.31. The molecule has 9 nitrogen and oxygen atoms in total. The van der Waals surface area contributed by atoms with Crippen molar-refractivity contribution in [2.24, 2.45) is 11.0 Å².